The van der Waals surface area contributed by atoms with Crippen molar-refractivity contribution in [3.8, 4) is 16.9 Å². The number of H-pyrrole nitrogens is 1. The lowest BCUT2D eigenvalue weighted by atomic mass is 9.99. The lowest BCUT2D eigenvalue weighted by molar-refractivity contribution is 0.261. The van der Waals surface area contributed by atoms with Crippen molar-refractivity contribution < 1.29 is 9.13 Å². The molecule has 27 heavy (non-hydrogen) atoms. The summed E-state index contributed by atoms with van der Waals surface area (Å²) in [5, 5.41) is 2.16. The quantitative estimate of drug-likeness (QED) is 0.607. The zero-order chi connectivity index (χ0) is 18.5. The van der Waals surface area contributed by atoms with Crippen molar-refractivity contribution in [3.05, 3.63) is 58.5 Å². The van der Waals surface area contributed by atoms with Crippen LogP contribution in [0.4, 0.5) is 10.1 Å². The zero-order valence-corrected chi connectivity index (χ0v) is 15.3. The largest absolute Gasteiger partial charge is 0.488 e. The minimum Gasteiger partial charge on any atom is -0.488 e. The number of nitrogens with one attached hydrogen (secondary N) is 1. The highest BCUT2D eigenvalue weighted by molar-refractivity contribution is 5.97. The van der Waals surface area contributed by atoms with Gasteiger partial charge in [-0.15, -0.1) is 0 Å². The Balaban J connectivity index is 1.82. The van der Waals surface area contributed by atoms with Crippen LogP contribution in [0.1, 0.15) is 5.56 Å². The monoisotopic (exact) mass is 361 g/mol. The lowest BCUT2D eigenvalue weighted by Crippen LogP contribution is -2.22. The average Bonchev–Trinajstić information content (AvgIpc) is 3.23. The molecule has 0 unspecified atom stereocenters. The van der Waals surface area contributed by atoms with E-state index in [1.54, 1.807) is 0 Å². The number of fused-ring (bicyclic) bond motifs is 6. The number of para-hydroxylation sites is 1. The average molecular weight is 361 g/mol. The Morgan fingerprint density at radius 3 is 2.96 bits per heavy atom. The Morgan fingerprint density at radius 1 is 1.26 bits per heavy atom. The first-order chi connectivity index (χ1) is 13.1. The van der Waals surface area contributed by atoms with Crippen LogP contribution < -0.4 is 15.4 Å². The van der Waals surface area contributed by atoms with Crippen LogP contribution in [0.2, 0.25) is 0 Å². The topological polar surface area (TPSA) is 40.6 Å². The molecule has 136 valence electrons. The molecule has 0 saturated carbocycles. The molecule has 0 atom stereocenters. The van der Waals surface area contributed by atoms with Gasteiger partial charge in [0.15, 0.2) is 5.75 Å². The van der Waals surface area contributed by atoms with E-state index in [0.29, 0.717) is 40.6 Å². The van der Waals surface area contributed by atoms with Gasteiger partial charge in [-0.2, -0.15) is 0 Å². The number of hydrogen-bond acceptors (Lipinski definition) is 3. The predicted molar refractivity (Wildman–Crippen MR) is 105 cm³/mol. The molecular formula is C22H20FN3O. The van der Waals surface area contributed by atoms with Crippen LogP contribution in [0.3, 0.4) is 0 Å². The first-order valence-corrected chi connectivity index (χ1v) is 9.13. The SMILES string of the molecule is CN(C)CCOc1c2c(c(F)c3c4c([nH]c13)=CC=CC4)-c1ccccc1N=2. The van der Waals surface area contributed by atoms with E-state index in [2.05, 4.69) is 9.88 Å². The third-order valence-corrected chi connectivity index (χ3v) is 5.17. The number of halogens is 1. The Morgan fingerprint density at radius 2 is 2.11 bits per heavy atom. The normalized spacial score (nSPS) is 13.9. The number of hydrogen-bond donors (Lipinski definition) is 1. The number of aromatic nitrogens is 1. The van der Waals surface area contributed by atoms with Gasteiger partial charge < -0.3 is 14.6 Å². The van der Waals surface area contributed by atoms with Gasteiger partial charge in [-0.05, 0) is 38.2 Å². The van der Waals surface area contributed by atoms with Crippen molar-refractivity contribution in [3.63, 3.8) is 0 Å². The summed E-state index contributed by atoms with van der Waals surface area (Å²) >= 11 is 0. The fourth-order valence-corrected chi connectivity index (χ4v) is 3.86. The molecule has 2 aliphatic rings. The fourth-order valence-electron chi connectivity index (χ4n) is 3.86. The molecule has 1 aliphatic heterocycles. The summed E-state index contributed by atoms with van der Waals surface area (Å²) < 4.78 is 21.9. The summed E-state index contributed by atoms with van der Waals surface area (Å²) in [5.74, 6) is 0.428. The molecule has 3 aromatic rings. The Hall–Kier alpha value is -2.92. The van der Waals surface area contributed by atoms with Gasteiger partial charge in [0.25, 0.3) is 0 Å². The number of aromatic amines is 1. The summed E-state index contributed by atoms with van der Waals surface area (Å²) in [6.07, 6.45) is 6.73. The molecule has 2 aromatic carbocycles. The molecule has 0 fully saturated rings. The van der Waals surface area contributed by atoms with E-state index >= 15 is 4.39 Å². The Bertz CT molecular complexity index is 1220. The molecule has 0 radical (unpaired) electrons. The second kappa shape index (κ2) is 6.06. The molecule has 1 aromatic heterocycles. The Kier molecular flexibility index (Phi) is 3.65. The van der Waals surface area contributed by atoms with Crippen LogP contribution in [0.5, 0.6) is 5.75 Å². The van der Waals surface area contributed by atoms with E-state index in [9.17, 15) is 0 Å². The molecule has 1 N–H and O–H groups in total. The smallest absolute Gasteiger partial charge is 0.169 e. The van der Waals surface area contributed by atoms with Crippen LogP contribution >= 0.6 is 0 Å². The van der Waals surface area contributed by atoms with E-state index in [1.165, 1.54) is 0 Å². The molecule has 0 amide bonds. The number of rotatable bonds is 4. The van der Waals surface area contributed by atoms with Gasteiger partial charge in [-0.25, -0.2) is 9.38 Å². The maximum atomic E-state index is 15.7. The second-order valence-electron chi connectivity index (χ2n) is 7.21. The van der Waals surface area contributed by atoms with Gasteiger partial charge in [0.2, 0.25) is 0 Å². The minimum atomic E-state index is -0.213. The van der Waals surface area contributed by atoms with Crippen molar-refractivity contribution in [2.75, 3.05) is 27.2 Å². The fraction of sp³-hybridized carbons (Fsp3) is 0.227. The van der Waals surface area contributed by atoms with Crippen molar-refractivity contribution in [2.45, 2.75) is 6.42 Å². The van der Waals surface area contributed by atoms with E-state index in [-0.39, 0.29) is 5.82 Å². The maximum Gasteiger partial charge on any atom is 0.169 e. The highest BCUT2D eigenvalue weighted by Gasteiger charge is 2.27. The van der Waals surface area contributed by atoms with Crippen LogP contribution in [0.15, 0.2) is 41.4 Å². The van der Waals surface area contributed by atoms with Gasteiger partial charge in [-0.1, -0.05) is 30.4 Å². The van der Waals surface area contributed by atoms with E-state index in [4.69, 9.17) is 9.73 Å². The highest BCUT2D eigenvalue weighted by Crippen LogP contribution is 2.40. The van der Waals surface area contributed by atoms with Crippen LogP contribution in [-0.4, -0.2) is 37.1 Å². The van der Waals surface area contributed by atoms with Crippen molar-refractivity contribution in [2.24, 2.45) is 4.99 Å². The number of likely N-dealkylation sites (N-methyl/N-ethyl adjacent to an activating group) is 1. The molecule has 4 nitrogen and oxygen atoms in total. The number of allylic oxidation sites excluding steroid dienone is 2. The van der Waals surface area contributed by atoms with Gasteiger partial charge in [0.05, 0.1) is 11.2 Å². The van der Waals surface area contributed by atoms with E-state index in [0.717, 1.165) is 28.7 Å². The summed E-state index contributed by atoms with van der Waals surface area (Å²) in [6.45, 7) is 1.28. The summed E-state index contributed by atoms with van der Waals surface area (Å²) in [6, 6.07) is 7.68. The minimum absolute atomic E-state index is 0.213. The first-order valence-electron chi connectivity index (χ1n) is 9.13. The third kappa shape index (κ3) is 2.42. The summed E-state index contributed by atoms with van der Waals surface area (Å²) in [4.78, 5) is 10.1. The number of benzene rings is 2. The van der Waals surface area contributed by atoms with Crippen LogP contribution in [-0.2, 0) is 6.42 Å². The lowest BCUT2D eigenvalue weighted by Gasteiger charge is -2.13. The maximum absolute atomic E-state index is 15.7. The van der Waals surface area contributed by atoms with Gasteiger partial charge in [0.1, 0.15) is 17.8 Å². The van der Waals surface area contributed by atoms with Gasteiger partial charge in [-0.3, -0.25) is 0 Å². The Labute approximate surface area is 156 Å². The molecule has 5 rings (SSSR count). The van der Waals surface area contributed by atoms with E-state index in [1.807, 2.05) is 56.6 Å². The first kappa shape index (κ1) is 16.3. The number of ether oxygens (including phenoxy) is 1. The molecule has 0 bridgehead atoms. The summed E-state index contributed by atoms with van der Waals surface area (Å²) in [5.41, 5.74) is 3.85. The van der Waals surface area contributed by atoms with E-state index < -0.39 is 0 Å². The molecule has 0 saturated heterocycles. The van der Waals surface area contributed by atoms with Crippen LogP contribution in [0.25, 0.3) is 28.1 Å². The highest BCUT2D eigenvalue weighted by atomic mass is 19.1. The predicted octanol–water partition coefficient (Wildman–Crippen LogP) is 3.07. The summed E-state index contributed by atoms with van der Waals surface area (Å²) in [7, 11) is 4.00. The zero-order valence-electron chi connectivity index (χ0n) is 15.3. The third-order valence-electron chi connectivity index (χ3n) is 5.17. The van der Waals surface area contributed by atoms with Gasteiger partial charge >= 0.3 is 0 Å². The molecule has 0 spiro atoms. The standard InChI is InChI=1S/C22H20FN3O/c1-26(2)11-12-27-22-20-17(13-7-3-5-9-15(13)24-20)19(23)18-14-8-4-6-10-16(14)25-21(18)22/h3-7,9-10,25H,8,11-12H2,1-2H3. The second-order valence-corrected chi connectivity index (χ2v) is 7.21. The van der Waals surface area contributed by atoms with Crippen molar-refractivity contribution in [1.29, 1.82) is 0 Å². The molecule has 1 aliphatic carbocycles. The molecule has 5 heteroatoms. The van der Waals surface area contributed by atoms with Gasteiger partial charge in [0, 0.05) is 28.4 Å². The molecular weight excluding hydrogens is 341 g/mol. The molecule has 2 heterocycles. The van der Waals surface area contributed by atoms with Crippen molar-refractivity contribution >= 4 is 22.7 Å². The number of nitrogens with zero attached hydrogens (tertiary/aromatic N) is 2. The van der Waals surface area contributed by atoms with Crippen LogP contribution in [0, 0.1) is 5.82 Å². The van der Waals surface area contributed by atoms with Crippen molar-refractivity contribution in [1.82, 2.24) is 9.88 Å².